The normalized spacial score (nSPS) is 11.1. The summed E-state index contributed by atoms with van der Waals surface area (Å²) in [6, 6.07) is 38.2. The Morgan fingerprint density at radius 2 is 0.970 bits per heavy atom. The molecule has 4 aromatic carbocycles. The number of nitrogens with zero attached hydrogens (tertiary/aromatic N) is 6. The van der Waals surface area contributed by atoms with Crippen LogP contribution in [-0.4, -0.2) is 41.1 Å². The van der Waals surface area contributed by atoms with Crippen molar-refractivity contribution in [2.75, 3.05) is 10.6 Å². The van der Waals surface area contributed by atoms with Crippen molar-refractivity contribution in [2.24, 2.45) is 5.73 Å². The predicted molar refractivity (Wildman–Crippen MR) is 259 cm³/mol. The minimum Gasteiger partial charge on any atom is -0.444 e. The van der Waals surface area contributed by atoms with Crippen molar-refractivity contribution >= 4 is 39.5 Å². The Morgan fingerprint density at radius 1 is 0.567 bits per heavy atom. The summed E-state index contributed by atoms with van der Waals surface area (Å²) in [5.74, 6) is 0. The zero-order chi connectivity index (χ0) is 47.3. The van der Waals surface area contributed by atoms with Crippen LogP contribution in [0.5, 0.6) is 0 Å². The first-order valence-corrected chi connectivity index (χ1v) is 21.7. The quantitative estimate of drug-likeness (QED) is 0.0808. The van der Waals surface area contributed by atoms with Gasteiger partial charge in [-0.3, -0.25) is 9.59 Å². The number of hydrogen-bond donors (Lipinski definition) is 4. The summed E-state index contributed by atoms with van der Waals surface area (Å²) in [4.78, 5) is 66.5. The third kappa shape index (κ3) is 12.6. The number of rotatable bonds is 15. The van der Waals surface area contributed by atoms with Gasteiger partial charge in [-0.25, -0.2) is 24.7 Å². The van der Waals surface area contributed by atoms with Gasteiger partial charge in [-0.15, -0.1) is 9.46 Å². The van der Waals surface area contributed by atoms with Crippen molar-refractivity contribution in [3.8, 4) is 0 Å². The van der Waals surface area contributed by atoms with Gasteiger partial charge in [0.25, 0.3) is 11.1 Å². The number of alkyl carbamates (subject to hydrolysis) is 1. The topological polar surface area (TPSA) is 202 Å². The molecule has 344 valence electrons. The Bertz CT molecular complexity index is 3050. The Kier molecular flexibility index (Phi) is 15.2. The van der Waals surface area contributed by atoms with E-state index in [0.717, 1.165) is 50.2 Å². The average molecular weight is 903 g/mol. The van der Waals surface area contributed by atoms with Crippen molar-refractivity contribution in [2.45, 2.75) is 79.6 Å². The number of aryl methyl sites for hydroxylation is 2. The van der Waals surface area contributed by atoms with Crippen molar-refractivity contribution in [3.63, 3.8) is 0 Å². The molecule has 16 heteroatoms. The second-order valence-electron chi connectivity index (χ2n) is 16.6. The van der Waals surface area contributed by atoms with Crippen molar-refractivity contribution in [1.29, 1.82) is 0 Å². The molecule has 0 aliphatic rings. The third-order valence-electron chi connectivity index (χ3n) is 10.4. The lowest BCUT2D eigenvalue weighted by Crippen LogP contribution is -2.32. The van der Waals surface area contributed by atoms with E-state index in [1.807, 2.05) is 144 Å². The maximum Gasteiger partial charge on any atom is 0.407 e. The molecule has 0 fully saturated rings. The van der Waals surface area contributed by atoms with E-state index in [0.29, 0.717) is 54.2 Å². The van der Waals surface area contributed by atoms with E-state index in [1.165, 1.54) is 34.2 Å². The molecule has 1 amide bonds. The van der Waals surface area contributed by atoms with Crippen LogP contribution in [0.4, 0.5) is 16.2 Å². The summed E-state index contributed by atoms with van der Waals surface area (Å²) in [6.45, 7) is 11.6. The summed E-state index contributed by atoms with van der Waals surface area (Å²) >= 11 is 0. The van der Waals surface area contributed by atoms with E-state index < -0.39 is 11.7 Å². The minimum absolute atomic E-state index is 0.237. The summed E-state index contributed by atoms with van der Waals surface area (Å²) in [7, 11) is 0. The van der Waals surface area contributed by atoms with Gasteiger partial charge in [0, 0.05) is 38.3 Å². The van der Waals surface area contributed by atoms with Gasteiger partial charge in [-0.05, 0) is 68.0 Å². The number of hydrogen-bond acceptors (Lipinski definition) is 13. The predicted octanol–water partition coefficient (Wildman–Crippen LogP) is 7.17. The number of nitrogens with two attached hydrogens (primary N) is 1. The summed E-state index contributed by atoms with van der Waals surface area (Å²) in [5.41, 5.74) is 14.2. The van der Waals surface area contributed by atoms with E-state index in [2.05, 4.69) is 35.9 Å². The number of ether oxygens (including phenoxy) is 1. The molecule has 0 atom stereocenters. The lowest BCUT2D eigenvalue weighted by atomic mass is 10.1. The third-order valence-corrected chi connectivity index (χ3v) is 10.4. The Labute approximate surface area is 387 Å². The Balaban J connectivity index is 0.000000203. The Morgan fingerprint density at radius 3 is 1.37 bits per heavy atom. The van der Waals surface area contributed by atoms with Gasteiger partial charge in [-0.1, -0.05) is 109 Å². The molecular formula is C51H54N10O6. The van der Waals surface area contributed by atoms with Gasteiger partial charge in [0.05, 0.1) is 33.5 Å². The molecule has 16 nitrogen and oxygen atoms in total. The first kappa shape index (κ1) is 46.9. The van der Waals surface area contributed by atoms with E-state index >= 15 is 0 Å². The van der Waals surface area contributed by atoms with Gasteiger partial charge < -0.3 is 36.1 Å². The number of pyridine rings is 2. The molecule has 0 aliphatic heterocycles. The molecule has 0 saturated heterocycles. The number of amides is 1. The van der Waals surface area contributed by atoms with E-state index in [4.69, 9.17) is 20.1 Å². The molecule has 4 heterocycles. The highest BCUT2D eigenvalue weighted by Crippen LogP contribution is 2.25. The molecule has 0 radical (unpaired) electrons. The SMILES string of the molecule is Cc1ncnc2c1c(NCc1ccc(CN)cc1)cc(=O)n2OCc1ccccc1.Cc1ncnc2c1c(NCc1ccc(CNC(=O)OC(C)(C)C)cc1)cc(=O)n2OCc1ccccc1. The van der Waals surface area contributed by atoms with Crippen LogP contribution in [-0.2, 0) is 44.1 Å². The largest absolute Gasteiger partial charge is 0.444 e. The van der Waals surface area contributed by atoms with E-state index in [-0.39, 0.29) is 24.3 Å². The fraction of sp³-hybridized carbons (Fsp3) is 0.235. The van der Waals surface area contributed by atoms with Crippen LogP contribution in [0.1, 0.15) is 65.5 Å². The lowest BCUT2D eigenvalue weighted by molar-refractivity contribution is 0.0523. The molecule has 8 aromatic rings. The van der Waals surface area contributed by atoms with Gasteiger partial charge in [0.1, 0.15) is 31.5 Å². The highest BCUT2D eigenvalue weighted by atomic mass is 16.7. The van der Waals surface area contributed by atoms with Crippen molar-refractivity contribution in [1.82, 2.24) is 34.7 Å². The zero-order valence-electron chi connectivity index (χ0n) is 38.2. The first-order valence-electron chi connectivity index (χ1n) is 21.7. The van der Waals surface area contributed by atoms with E-state index in [9.17, 15) is 14.4 Å². The number of benzene rings is 4. The fourth-order valence-corrected chi connectivity index (χ4v) is 6.98. The van der Waals surface area contributed by atoms with Crippen molar-refractivity contribution < 1.29 is 19.2 Å². The molecule has 0 saturated carbocycles. The standard InChI is InChI=1S/C28H31N5O4.C23H23N5O2/c1-19-25-23(29-15-20-10-12-21(13-11-20)16-30-27(35)37-28(2,3)4)14-24(34)33(26(25)32-18-31-19)36-17-22-8-6-5-7-9-22;1-16-22-20(25-13-18-9-7-17(12-24)8-10-18)11-21(29)28(23(22)27-15-26-16)30-14-19-5-3-2-4-6-19/h5-14,18,29H,15-17H2,1-4H3,(H,30,35);2-11,15,25H,12-14,24H2,1H3. The monoisotopic (exact) mass is 902 g/mol. The highest BCUT2D eigenvalue weighted by Gasteiger charge is 2.18. The second-order valence-corrected chi connectivity index (χ2v) is 16.6. The summed E-state index contributed by atoms with van der Waals surface area (Å²) < 4.78 is 7.72. The molecule has 67 heavy (non-hydrogen) atoms. The van der Waals surface area contributed by atoms with Gasteiger partial charge in [0.15, 0.2) is 11.3 Å². The van der Waals surface area contributed by atoms with Gasteiger partial charge in [-0.2, -0.15) is 0 Å². The second kappa shape index (κ2) is 21.7. The maximum atomic E-state index is 12.9. The smallest absolute Gasteiger partial charge is 0.407 e. The molecule has 0 spiro atoms. The molecule has 8 rings (SSSR count). The number of anilines is 2. The first-order chi connectivity index (χ1) is 32.3. The minimum atomic E-state index is -0.540. The maximum absolute atomic E-state index is 12.9. The van der Waals surface area contributed by atoms with Gasteiger partial charge in [0.2, 0.25) is 0 Å². The van der Waals surface area contributed by atoms with Crippen LogP contribution >= 0.6 is 0 Å². The number of nitrogens with one attached hydrogen (secondary N) is 3. The van der Waals surface area contributed by atoms with Crippen LogP contribution in [0.3, 0.4) is 0 Å². The van der Waals surface area contributed by atoms with Crippen LogP contribution < -0.4 is 42.5 Å². The Hall–Kier alpha value is -8.11. The van der Waals surface area contributed by atoms with Crippen LogP contribution in [0, 0.1) is 13.8 Å². The van der Waals surface area contributed by atoms with Crippen LogP contribution in [0.25, 0.3) is 22.1 Å². The summed E-state index contributed by atoms with van der Waals surface area (Å²) in [6.07, 6.45) is 2.41. The van der Waals surface area contributed by atoms with Crippen LogP contribution in [0.15, 0.2) is 144 Å². The van der Waals surface area contributed by atoms with Gasteiger partial charge >= 0.3 is 6.09 Å². The zero-order valence-corrected chi connectivity index (χ0v) is 38.2. The molecule has 4 aromatic heterocycles. The average Bonchev–Trinajstić information content (AvgIpc) is 3.32. The van der Waals surface area contributed by atoms with Crippen LogP contribution in [0.2, 0.25) is 0 Å². The van der Waals surface area contributed by atoms with Crippen molar-refractivity contribution in [3.05, 3.63) is 199 Å². The number of aromatic nitrogens is 6. The highest BCUT2D eigenvalue weighted by molar-refractivity contribution is 5.91. The number of carbonyl (C=O) groups is 1. The summed E-state index contributed by atoms with van der Waals surface area (Å²) in [5, 5.41) is 10.9. The fourth-order valence-electron chi connectivity index (χ4n) is 6.98. The molecule has 5 N–H and O–H groups in total. The number of carbonyl (C=O) groups excluding carboxylic acids is 1. The molecule has 0 unspecified atom stereocenters. The van der Waals surface area contributed by atoms with E-state index in [1.54, 1.807) is 0 Å². The molecule has 0 aliphatic carbocycles. The number of fused-ring (bicyclic) bond motifs is 2. The lowest BCUT2D eigenvalue weighted by Gasteiger charge is -2.19. The molecular weight excluding hydrogens is 849 g/mol. The molecule has 0 bridgehead atoms.